The second-order valence-electron chi connectivity index (χ2n) is 5.79. The fourth-order valence-electron chi connectivity index (χ4n) is 1.61. The van der Waals surface area contributed by atoms with Crippen LogP contribution in [0.1, 0.15) is 33.1 Å². The molecule has 1 rings (SSSR count). The van der Waals surface area contributed by atoms with E-state index in [1.807, 2.05) is 0 Å². The molecule has 0 atom stereocenters. The predicted octanol–water partition coefficient (Wildman–Crippen LogP) is 1.83. The molecule has 0 saturated heterocycles. The van der Waals surface area contributed by atoms with Gasteiger partial charge in [-0.15, -0.1) is 0 Å². The van der Waals surface area contributed by atoms with Gasteiger partial charge in [0.25, 0.3) is 0 Å². The second kappa shape index (κ2) is 8.86. The van der Waals surface area contributed by atoms with E-state index in [0.29, 0.717) is 31.8 Å². The van der Waals surface area contributed by atoms with Crippen LogP contribution < -0.4 is 5.32 Å². The summed E-state index contributed by atoms with van der Waals surface area (Å²) in [5.41, 5.74) is 0.319. The standard InChI is InChI=1S/C14H29NO3/c1-14(2,12-15-13-4-5-13)6-7-17-10-11-18-9-8-16-3/h13,15H,4-12H2,1-3H3. The Labute approximate surface area is 111 Å². The van der Waals surface area contributed by atoms with E-state index in [4.69, 9.17) is 14.2 Å². The van der Waals surface area contributed by atoms with Crippen molar-refractivity contribution in [3.8, 4) is 0 Å². The van der Waals surface area contributed by atoms with Gasteiger partial charge in [0.05, 0.1) is 26.4 Å². The minimum Gasteiger partial charge on any atom is -0.382 e. The molecule has 0 aromatic rings. The summed E-state index contributed by atoms with van der Waals surface area (Å²) >= 11 is 0. The molecule has 0 aliphatic heterocycles. The Kier molecular flexibility index (Phi) is 7.82. The number of methoxy groups -OCH3 is 1. The molecule has 0 aromatic carbocycles. The van der Waals surface area contributed by atoms with Gasteiger partial charge in [-0.2, -0.15) is 0 Å². The normalized spacial score (nSPS) is 16.2. The van der Waals surface area contributed by atoms with Gasteiger partial charge in [-0.25, -0.2) is 0 Å². The first-order chi connectivity index (χ1) is 8.64. The number of rotatable bonds is 12. The molecule has 0 bridgehead atoms. The lowest BCUT2D eigenvalue weighted by atomic mass is 9.90. The highest BCUT2D eigenvalue weighted by atomic mass is 16.5. The Morgan fingerprint density at radius 3 is 2.22 bits per heavy atom. The Morgan fingerprint density at radius 1 is 1.00 bits per heavy atom. The van der Waals surface area contributed by atoms with E-state index in [0.717, 1.165) is 25.6 Å². The van der Waals surface area contributed by atoms with Crippen molar-refractivity contribution in [2.75, 3.05) is 46.7 Å². The maximum Gasteiger partial charge on any atom is 0.0701 e. The fourth-order valence-corrected chi connectivity index (χ4v) is 1.61. The molecule has 0 aromatic heterocycles. The molecule has 0 unspecified atom stereocenters. The zero-order valence-electron chi connectivity index (χ0n) is 12.2. The maximum absolute atomic E-state index is 5.58. The molecule has 0 amide bonds. The molecule has 1 aliphatic carbocycles. The van der Waals surface area contributed by atoms with Gasteiger partial charge in [-0.1, -0.05) is 13.8 Å². The van der Waals surface area contributed by atoms with Crippen LogP contribution in [0.3, 0.4) is 0 Å². The first-order valence-corrected chi connectivity index (χ1v) is 7.02. The average Bonchev–Trinajstić information content (AvgIpc) is 3.14. The van der Waals surface area contributed by atoms with E-state index in [-0.39, 0.29) is 0 Å². The fraction of sp³-hybridized carbons (Fsp3) is 1.00. The quantitative estimate of drug-likeness (QED) is 0.543. The molecule has 4 heteroatoms. The number of nitrogens with one attached hydrogen (secondary N) is 1. The molecule has 18 heavy (non-hydrogen) atoms. The summed E-state index contributed by atoms with van der Waals surface area (Å²) < 4.78 is 15.8. The highest BCUT2D eigenvalue weighted by molar-refractivity contribution is 4.83. The van der Waals surface area contributed by atoms with Crippen LogP contribution in [-0.2, 0) is 14.2 Å². The highest BCUT2D eigenvalue weighted by Crippen LogP contribution is 2.23. The van der Waals surface area contributed by atoms with Crippen LogP contribution in [0.25, 0.3) is 0 Å². The molecule has 0 radical (unpaired) electrons. The smallest absolute Gasteiger partial charge is 0.0701 e. The van der Waals surface area contributed by atoms with Gasteiger partial charge in [0.15, 0.2) is 0 Å². The van der Waals surface area contributed by atoms with E-state index < -0.39 is 0 Å². The molecule has 4 nitrogen and oxygen atoms in total. The third-order valence-corrected chi connectivity index (χ3v) is 3.17. The van der Waals surface area contributed by atoms with Crippen LogP contribution in [0.4, 0.5) is 0 Å². The molecule has 0 heterocycles. The zero-order valence-corrected chi connectivity index (χ0v) is 12.2. The van der Waals surface area contributed by atoms with Crippen molar-refractivity contribution in [3.63, 3.8) is 0 Å². The van der Waals surface area contributed by atoms with Crippen LogP contribution in [0, 0.1) is 5.41 Å². The van der Waals surface area contributed by atoms with Crippen LogP contribution in [0.2, 0.25) is 0 Å². The van der Waals surface area contributed by atoms with Crippen LogP contribution in [-0.4, -0.2) is 52.7 Å². The average molecular weight is 259 g/mol. The summed E-state index contributed by atoms with van der Waals surface area (Å²) in [6.07, 6.45) is 3.79. The maximum atomic E-state index is 5.58. The molecule has 1 saturated carbocycles. The topological polar surface area (TPSA) is 39.7 Å². The van der Waals surface area contributed by atoms with E-state index in [9.17, 15) is 0 Å². The van der Waals surface area contributed by atoms with Gasteiger partial charge < -0.3 is 19.5 Å². The SMILES string of the molecule is COCCOCCOCCC(C)(C)CNC1CC1. The predicted molar refractivity (Wildman–Crippen MR) is 72.9 cm³/mol. The van der Waals surface area contributed by atoms with Crippen molar-refractivity contribution in [3.05, 3.63) is 0 Å². The largest absolute Gasteiger partial charge is 0.382 e. The third-order valence-electron chi connectivity index (χ3n) is 3.17. The van der Waals surface area contributed by atoms with Gasteiger partial charge in [-0.05, 0) is 24.7 Å². The van der Waals surface area contributed by atoms with Gasteiger partial charge >= 0.3 is 0 Å². The molecule has 0 spiro atoms. The minimum atomic E-state index is 0.319. The summed E-state index contributed by atoms with van der Waals surface area (Å²) in [7, 11) is 1.68. The first-order valence-electron chi connectivity index (χ1n) is 7.02. The Hall–Kier alpha value is -0.160. The minimum absolute atomic E-state index is 0.319. The van der Waals surface area contributed by atoms with Crippen molar-refractivity contribution in [2.24, 2.45) is 5.41 Å². The van der Waals surface area contributed by atoms with E-state index in [2.05, 4.69) is 19.2 Å². The van der Waals surface area contributed by atoms with Crippen molar-refractivity contribution in [2.45, 2.75) is 39.2 Å². The molecule has 1 aliphatic rings. The summed E-state index contributed by atoms with van der Waals surface area (Å²) in [4.78, 5) is 0. The first kappa shape index (κ1) is 15.9. The Bertz CT molecular complexity index is 205. The summed E-state index contributed by atoms with van der Waals surface area (Å²) in [5, 5.41) is 3.58. The van der Waals surface area contributed by atoms with Crippen LogP contribution in [0.15, 0.2) is 0 Å². The van der Waals surface area contributed by atoms with Crippen LogP contribution >= 0.6 is 0 Å². The van der Waals surface area contributed by atoms with E-state index in [1.54, 1.807) is 7.11 Å². The van der Waals surface area contributed by atoms with E-state index >= 15 is 0 Å². The number of hydrogen-bond donors (Lipinski definition) is 1. The second-order valence-corrected chi connectivity index (χ2v) is 5.79. The molecule has 1 N–H and O–H groups in total. The monoisotopic (exact) mass is 259 g/mol. The lowest BCUT2D eigenvalue weighted by Gasteiger charge is -2.25. The summed E-state index contributed by atoms with van der Waals surface area (Å²) in [6.45, 7) is 9.12. The summed E-state index contributed by atoms with van der Waals surface area (Å²) in [6, 6.07) is 0.791. The Balaban J connectivity index is 1.85. The van der Waals surface area contributed by atoms with Crippen molar-refractivity contribution < 1.29 is 14.2 Å². The van der Waals surface area contributed by atoms with Crippen molar-refractivity contribution in [1.82, 2.24) is 5.32 Å². The molecular weight excluding hydrogens is 230 g/mol. The molecule has 108 valence electrons. The van der Waals surface area contributed by atoms with Gasteiger partial charge in [0.1, 0.15) is 0 Å². The lowest BCUT2D eigenvalue weighted by Crippen LogP contribution is -2.31. The lowest BCUT2D eigenvalue weighted by molar-refractivity contribution is 0.0185. The van der Waals surface area contributed by atoms with Gasteiger partial charge in [-0.3, -0.25) is 0 Å². The van der Waals surface area contributed by atoms with Gasteiger partial charge in [0.2, 0.25) is 0 Å². The van der Waals surface area contributed by atoms with Crippen molar-refractivity contribution in [1.29, 1.82) is 0 Å². The zero-order chi connectivity index (χ0) is 13.3. The number of hydrogen-bond acceptors (Lipinski definition) is 4. The van der Waals surface area contributed by atoms with Gasteiger partial charge in [0, 0.05) is 26.3 Å². The van der Waals surface area contributed by atoms with Crippen LogP contribution in [0.5, 0.6) is 0 Å². The Morgan fingerprint density at radius 2 is 1.61 bits per heavy atom. The highest BCUT2D eigenvalue weighted by Gasteiger charge is 2.24. The molecular formula is C14H29NO3. The van der Waals surface area contributed by atoms with E-state index in [1.165, 1.54) is 12.8 Å². The van der Waals surface area contributed by atoms with Crippen molar-refractivity contribution >= 4 is 0 Å². The molecule has 1 fully saturated rings. The number of ether oxygens (including phenoxy) is 3. The third kappa shape index (κ3) is 8.86. The summed E-state index contributed by atoms with van der Waals surface area (Å²) in [5.74, 6) is 0.